The van der Waals surface area contributed by atoms with Crippen molar-refractivity contribution in [3.8, 4) is 0 Å². The molecule has 0 amide bonds. The Balaban J connectivity index is 2.18. The summed E-state index contributed by atoms with van der Waals surface area (Å²) < 4.78 is 17.7. The maximum atomic E-state index is 12.9. The first-order valence-electron chi connectivity index (χ1n) is 5.73. The number of halogens is 1. The Hall–Kier alpha value is -1.95. The lowest BCUT2D eigenvalue weighted by Crippen LogP contribution is -2.10. The van der Waals surface area contributed by atoms with Crippen molar-refractivity contribution in [2.24, 2.45) is 0 Å². The van der Waals surface area contributed by atoms with Gasteiger partial charge in [-0.1, -0.05) is 0 Å². The minimum Gasteiger partial charge on any atom is -0.461 e. The van der Waals surface area contributed by atoms with Gasteiger partial charge in [-0.25, -0.2) is 14.2 Å². The van der Waals surface area contributed by atoms with Gasteiger partial charge in [0.25, 0.3) is 0 Å². The number of thiazole rings is 1. The molecule has 100 valence electrons. The van der Waals surface area contributed by atoms with E-state index in [0.717, 1.165) is 5.69 Å². The molecule has 0 aliphatic heterocycles. The fraction of sp³-hybridized carbons (Fsp3) is 0.231. The Labute approximate surface area is 114 Å². The fourth-order valence-electron chi connectivity index (χ4n) is 1.49. The van der Waals surface area contributed by atoms with Crippen LogP contribution in [-0.2, 0) is 4.74 Å². The molecule has 6 heteroatoms. The molecule has 2 aromatic rings. The summed E-state index contributed by atoms with van der Waals surface area (Å²) in [4.78, 5) is 17.5. The average molecular weight is 280 g/mol. The fourth-order valence-corrected chi connectivity index (χ4v) is 2.27. The highest BCUT2D eigenvalue weighted by Crippen LogP contribution is 2.27. The minimum atomic E-state index is -0.433. The van der Waals surface area contributed by atoms with E-state index in [4.69, 9.17) is 4.74 Å². The zero-order valence-corrected chi connectivity index (χ0v) is 11.4. The third kappa shape index (κ3) is 3.08. The summed E-state index contributed by atoms with van der Waals surface area (Å²) >= 11 is 1.33. The predicted octanol–water partition coefficient (Wildman–Crippen LogP) is 3.23. The Bertz CT molecular complexity index is 568. The monoisotopic (exact) mass is 280 g/mol. The van der Waals surface area contributed by atoms with E-state index in [1.807, 2.05) is 0 Å². The summed E-state index contributed by atoms with van der Waals surface area (Å²) in [6, 6.07) is 6.07. The number of esters is 1. The van der Waals surface area contributed by atoms with Crippen molar-refractivity contribution in [2.75, 3.05) is 18.6 Å². The van der Waals surface area contributed by atoms with Crippen LogP contribution in [0, 0.1) is 5.82 Å². The highest BCUT2D eigenvalue weighted by atomic mass is 32.1. The van der Waals surface area contributed by atoms with Crippen LogP contribution in [-0.4, -0.2) is 24.6 Å². The highest BCUT2D eigenvalue weighted by molar-refractivity contribution is 7.14. The summed E-state index contributed by atoms with van der Waals surface area (Å²) in [5.41, 5.74) is 1.09. The summed E-state index contributed by atoms with van der Waals surface area (Å²) in [5.74, 6) is -0.721. The molecule has 1 aromatic heterocycles. The van der Waals surface area contributed by atoms with Gasteiger partial charge in [-0.05, 0) is 31.2 Å². The number of hydrogen-bond donors (Lipinski definition) is 0. The van der Waals surface area contributed by atoms with Gasteiger partial charge in [0.15, 0.2) is 10.8 Å². The molecule has 0 aliphatic rings. The maximum Gasteiger partial charge on any atom is 0.357 e. The van der Waals surface area contributed by atoms with Crippen molar-refractivity contribution < 1.29 is 13.9 Å². The van der Waals surface area contributed by atoms with E-state index in [-0.39, 0.29) is 11.5 Å². The smallest absolute Gasteiger partial charge is 0.357 e. The van der Waals surface area contributed by atoms with E-state index in [0.29, 0.717) is 11.7 Å². The number of rotatable bonds is 4. The molecule has 0 unspecified atom stereocenters. The molecule has 0 radical (unpaired) electrons. The molecule has 0 atom stereocenters. The molecule has 0 N–H and O–H groups in total. The molecule has 0 spiro atoms. The highest BCUT2D eigenvalue weighted by Gasteiger charge is 2.14. The van der Waals surface area contributed by atoms with Crippen LogP contribution >= 0.6 is 11.3 Å². The number of nitrogens with zero attached hydrogens (tertiary/aromatic N) is 2. The molecular weight excluding hydrogens is 267 g/mol. The van der Waals surface area contributed by atoms with Crippen LogP contribution in [0.1, 0.15) is 17.4 Å². The third-order valence-corrected chi connectivity index (χ3v) is 3.39. The topological polar surface area (TPSA) is 42.4 Å². The molecule has 4 nitrogen and oxygen atoms in total. The summed E-state index contributed by atoms with van der Waals surface area (Å²) in [5, 5.41) is 2.29. The second-order valence-electron chi connectivity index (χ2n) is 3.77. The van der Waals surface area contributed by atoms with Gasteiger partial charge in [0.2, 0.25) is 0 Å². The van der Waals surface area contributed by atoms with E-state index in [2.05, 4.69) is 4.98 Å². The SMILES string of the molecule is CCOC(=O)c1csc(N(C)c2ccc(F)cc2)n1. The Morgan fingerprint density at radius 2 is 2.11 bits per heavy atom. The first-order valence-corrected chi connectivity index (χ1v) is 6.61. The molecule has 19 heavy (non-hydrogen) atoms. The molecule has 0 aliphatic carbocycles. The van der Waals surface area contributed by atoms with Crippen molar-refractivity contribution in [1.82, 2.24) is 4.98 Å². The lowest BCUT2D eigenvalue weighted by Gasteiger charge is -2.15. The van der Waals surface area contributed by atoms with Crippen molar-refractivity contribution >= 4 is 28.1 Å². The molecule has 1 heterocycles. The lowest BCUT2D eigenvalue weighted by atomic mass is 10.3. The normalized spacial score (nSPS) is 10.3. The number of hydrogen-bond acceptors (Lipinski definition) is 5. The number of carbonyl (C=O) groups excluding carboxylic acids is 1. The molecule has 0 bridgehead atoms. The van der Waals surface area contributed by atoms with E-state index >= 15 is 0 Å². The van der Waals surface area contributed by atoms with E-state index in [1.165, 1.54) is 23.5 Å². The lowest BCUT2D eigenvalue weighted by molar-refractivity contribution is 0.0520. The zero-order chi connectivity index (χ0) is 13.8. The molecule has 0 saturated carbocycles. The maximum absolute atomic E-state index is 12.9. The zero-order valence-electron chi connectivity index (χ0n) is 10.6. The summed E-state index contributed by atoms with van der Waals surface area (Å²) in [7, 11) is 1.81. The van der Waals surface area contributed by atoms with Crippen molar-refractivity contribution in [2.45, 2.75) is 6.92 Å². The van der Waals surface area contributed by atoms with Gasteiger partial charge in [-0.3, -0.25) is 0 Å². The quantitative estimate of drug-likeness (QED) is 0.806. The van der Waals surface area contributed by atoms with Gasteiger partial charge in [-0.2, -0.15) is 0 Å². The van der Waals surface area contributed by atoms with Gasteiger partial charge in [0.1, 0.15) is 5.82 Å². The van der Waals surface area contributed by atoms with Gasteiger partial charge < -0.3 is 9.64 Å². The van der Waals surface area contributed by atoms with Crippen molar-refractivity contribution in [3.05, 3.63) is 41.2 Å². The first-order chi connectivity index (χ1) is 9.11. The summed E-state index contributed by atoms with van der Waals surface area (Å²) in [6.45, 7) is 2.06. The Morgan fingerprint density at radius 3 is 2.74 bits per heavy atom. The molecule has 0 fully saturated rings. The van der Waals surface area contributed by atoms with Crippen molar-refractivity contribution in [3.63, 3.8) is 0 Å². The largest absolute Gasteiger partial charge is 0.461 e. The number of ether oxygens (including phenoxy) is 1. The van der Waals surface area contributed by atoms with Crippen LogP contribution in [0.5, 0.6) is 0 Å². The number of carbonyl (C=O) groups is 1. The first kappa shape index (κ1) is 13.5. The van der Waals surface area contributed by atoms with Gasteiger partial charge in [0, 0.05) is 18.1 Å². The van der Waals surface area contributed by atoms with Crippen LogP contribution in [0.25, 0.3) is 0 Å². The second kappa shape index (κ2) is 5.79. The summed E-state index contributed by atoms with van der Waals surface area (Å²) in [6.07, 6.45) is 0. The standard InChI is InChI=1S/C13H13FN2O2S/c1-3-18-12(17)11-8-19-13(15-11)16(2)10-6-4-9(14)5-7-10/h4-8H,3H2,1-2H3. The van der Waals surface area contributed by atoms with Gasteiger partial charge in [0.05, 0.1) is 6.61 Å². The third-order valence-electron chi connectivity index (χ3n) is 2.48. The van der Waals surface area contributed by atoms with Gasteiger partial charge in [-0.15, -0.1) is 11.3 Å². The van der Waals surface area contributed by atoms with Crippen LogP contribution in [0.3, 0.4) is 0 Å². The van der Waals surface area contributed by atoms with E-state index in [9.17, 15) is 9.18 Å². The number of benzene rings is 1. The van der Waals surface area contributed by atoms with E-state index in [1.54, 1.807) is 36.4 Å². The van der Waals surface area contributed by atoms with Crippen LogP contribution in [0.2, 0.25) is 0 Å². The number of aromatic nitrogens is 1. The van der Waals surface area contributed by atoms with Crippen LogP contribution in [0.4, 0.5) is 15.2 Å². The predicted molar refractivity (Wildman–Crippen MR) is 72.5 cm³/mol. The molecule has 0 saturated heterocycles. The Kier molecular flexibility index (Phi) is 4.11. The van der Waals surface area contributed by atoms with E-state index < -0.39 is 5.97 Å². The van der Waals surface area contributed by atoms with Crippen molar-refractivity contribution in [1.29, 1.82) is 0 Å². The minimum absolute atomic E-state index is 0.288. The van der Waals surface area contributed by atoms with Crippen LogP contribution in [0.15, 0.2) is 29.6 Å². The molecule has 2 rings (SSSR count). The number of anilines is 2. The molecular formula is C13H13FN2O2S. The molecule has 1 aromatic carbocycles. The Morgan fingerprint density at radius 1 is 1.42 bits per heavy atom. The van der Waals surface area contributed by atoms with Crippen LogP contribution < -0.4 is 4.90 Å². The second-order valence-corrected chi connectivity index (χ2v) is 4.61. The van der Waals surface area contributed by atoms with Gasteiger partial charge >= 0.3 is 5.97 Å². The average Bonchev–Trinajstić information content (AvgIpc) is 2.89.